The molecule has 0 unspecified atom stereocenters. The van der Waals surface area contributed by atoms with Crippen LogP contribution < -0.4 is 49.1 Å². The van der Waals surface area contributed by atoms with Crippen LogP contribution in [0.4, 0.5) is 0 Å². The molecule has 0 aliphatic heterocycles. The fourth-order valence-electron chi connectivity index (χ4n) is 4.37. The first-order valence-electron chi connectivity index (χ1n) is 16.4. The minimum atomic E-state index is -1.81. The van der Waals surface area contributed by atoms with Crippen LogP contribution in [0.15, 0.2) is 0 Å². The fraction of sp³-hybridized carbons (Fsp3) is 0.700. The molecule has 0 aromatic heterocycles. The zero-order valence-corrected chi connectivity index (χ0v) is 29.5. The molecule has 0 heterocycles. The van der Waals surface area contributed by atoms with Gasteiger partial charge in [0.15, 0.2) is 0 Å². The summed E-state index contributed by atoms with van der Waals surface area (Å²) >= 11 is 0. The van der Waals surface area contributed by atoms with Crippen molar-refractivity contribution < 1.29 is 63.6 Å². The molecule has 0 aromatic carbocycles. The minimum absolute atomic E-state index is 0.0688. The Bertz CT molecular complexity index is 1280. The standard InChI is InChI=1S/C30H53N9O13/c1-5-14(4)23(39-24(45)15(31)6-8-20(32)43)29(50)38-22(13(2)3)28(49)37-19(12-42)27(48)36-18(11-41)26(47)35-17(10-40)25(46)34-16(30(51)52)7-9-21(33)44/h13-19,22-23,40-42H,5-12,31H2,1-4H3,(H2,32,43)(H2,33,44)(H,34,46)(H,35,47)(H,36,48)(H,37,49)(H,38,50)(H,39,45)(H,51,52)/t14-,15-,16-,17-,18-,19-,22-,23-/m0/s1. The van der Waals surface area contributed by atoms with E-state index in [2.05, 4.69) is 21.3 Å². The number of hydrogen-bond donors (Lipinski definition) is 13. The summed E-state index contributed by atoms with van der Waals surface area (Å²) in [5.41, 5.74) is 15.9. The predicted molar refractivity (Wildman–Crippen MR) is 180 cm³/mol. The molecule has 0 aliphatic carbocycles. The first-order chi connectivity index (χ1) is 24.2. The molecule has 0 rings (SSSR count). The number of nitrogens with one attached hydrogen (secondary N) is 6. The van der Waals surface area contributed by atoms with E-state index in [0.29, 0.717) is 6.42 Å². The van der Waals surface area contributed by atoms with Gasteiger partial charge in [0.05, 0.1) is 25.9 Å². The SMILES string of the molecule is CC[C@H](C)[C@H](NC(=O)[C@@H](N)CCC(N)=O)C(=O)N[C@H](C(=O)N[C@@H](CO)C(=O)N[C@@H](CO)C(=O)N[C@@H](CO)C(=O)N[C@@H](CCC(N)=O)C(=O)O)C(C)C. The van der Waals surface area contributed by atoms with E-state index >= 15 is 0 Å². The van der Waals surface area contributed by atoms with Crippen molar-refractivity contribution in [3.8, 4) is 0 Å². The quantitative estimate of drug-likeness (QED) is 0.0413. The van der Waals surface area contributed by atoms with Crippen molar-refractivity contribution in [1.82, 2.24) is 31.9 Å². The largest absolute Gasteiger partial charge is 0.480 e. The number of carbonyl (C=O) groups is 9. The van der Waals surface area contributed by atoms with Crippen LogP contribution in [0, 0.1) is 11.8 Å². The summed E-state index contributed by atoms with van der Waals surface area (Å²) in [6.07, 6.45) is -0.601. The number of rotatable bonds is 25. The molecule has 0 radical (unpaired) electrons. The minimum Gasteiger partial charge on any atom is -0.480 e. The number of primary amides is 2. The number of nitrogens with two attached hydrogens (primary N) is 3. The molecule has 0 saturated carbocycles. The summed E-state index contributed by atoms with van der Waals surface area (Å²) in [6, 6.07) is -10.6. The maximum absolute atomic E-state index is 13.3. The van der Waals surface area contributed by atoms with E-state index in [1.807, 2.05) is 10.6 Å². The lowest BCUT2D eigenvalue weighted by molar-refractivity contribution is -0.143. The maximum atomic E-state index is 13.3. The number of aliphatic hydroxyl groups is 3. The summed E-state index contributed by atoms with van der Waals surface area (Å²) in [7, 11) is 0. The Hall–Kier alpha value is -4.93. The lowest BCUT2D eigenvalue weighted by Gasteiger charge is -2.29. The number of aliphatic hydroxyl groups excluding tert-OH is 3. The van der Waals surface area contributed by atoms with E-state index in [0.717, 1.165) is 0 Å². The topological polar surface area (TPSA) is 385 Å². The third kappa shape index (κ3) is 16.4. The third-order valence-electron chi connectivity index (χ3n) is 7.82. The fourth-order valence-corrected chi connectivity index (χ4v) is 4.37. The number of hydrogen-bond acceptors (Lipinski definition) is 13. The third-order valence-corrected chi connectivity index (χ3v) is 7.82. The molecule has 296 valence electrons. The average Bonchev–Trinajstić information content (AvgIpc) is 3.08. The van der Waals surface area contributed by atoms with E-state index in [1.54, 1.807) is 27.7 Å². The highest BCUT2D eigenvalue weighted by Gasteiger charge is 2.35. The maximum Gasteiger partial charge on any atom is 0.326 e. The van der Waals surface area contributed by atoms with Crippen molar-refractivity contribution in [2.45, 2.75) is 102 Å². The molecule has 0 fully saturated rings. The molecule has 8 atom stereocenters. The van der Waals surface area contributed by atoms with Crippen LogP contribution in [0.3, 0.4) is 0 Å². The summed E-state index contributed by atoms with van der Waals surface area (Å²) in [4.78, 5) is 111. The molecule has 0 spiro atoms. The Kier molecular flexibility index (Phi) is 21.3. The van der Waals surface area contributed by atoms with Crippen LogP contribution in [-0.2, 0) is 43.2 Å². The molecule has 8 amide bonds. The van der Waals surface area contributed by atoms with E-state index in [9.17, 15) is 63.6 Å². The lowest BCUT2D eigenvalue weighted by atomic mass is 9.96. The van der Waals surface area contributed by atoms with Crippen LogP contribution in [0.2, 0.25) is 0 Å². The molecule has 0 aliphatic rings. The van der Waals surface area contributed by atoms with Gasteiger partial charge in [0.25, 0.3) is 0 Å². The summed E-state index contributed by atoms with van der Waals surface area (Å²) in [5, 5.41) is 51.9. The van der Waals surface area contributed by atoms with Gasteiger partial charge >= 0.3 is 5.97 Å². The van der Waals surface area contributed by atoms with Crippen molar-refractivity contribution in [3.63, 3.8) is 0 Å². The first-order valence-corrected chi connectivity index (χ1v) is 16.4. The predicted octanol–water partition coefficient (Wildman–Crippen LogP) is -6.48. The van der Waals surface area contributed by atoms with E-state index < -0.39 is 140 Å². The molecule has 0 aromatic rings. The number of carboxylic acids is 1. The van der Waals surface area contributed by atoms with Crippen molar-refractivity contribution in [3.05, 3.63) is 0 Å². The second-order valence-corrected chi connectivity index (χ2v) is 12.3. The van der Waals surface area contributed by atoms with Crippen molar-refractivity contribution in [2.24, 2.45) is 29.0 Å². The van der Waals surface area contributed by atoms with Gasteiger partial charge in [-0.15, -0.1) is 0 Å². The molecular weight excluding hydrogens is 694 g/mol. The molecule has 22 nitrogen and oxygen atoms in total. The second kappa shape index (κ2) is 23.5. The van der Waals surface area contributed by atoms with Gasteiger partial charge in [-0.1, -0.05) is 34.1 Å². The van der Waals surface area contributed by atoms with Gasteiger partial charge < -0.3 is 69.5 Å². The highest BCUT2D eigenvalue weighted by molar-refractivity contribution is 5.97. The Morgan fingerprint density at radius 2 is 0.904 bits per heavy atom. The second-order valence-electron chi connectivity index (χ2n) is 12.3. The highest BCUT2D eigenvalue weighted by atomic mass is 16.4. The van der Waals surface area contributed by atoms with Crippen LogP contribution in [0.25, 0.3) is 0 Å². The highest BCUT2D eigenvalue weighted by Crippen LogP contribution is 2.11. The van der Waals surface area contributed by atoms with Gasteiger partial charge in [-0.3, -0.25) is 38.4 Å². The molecule has 16 N–H and O–H groups in total. The Labute approximate surface area is 299 Å². The van der Waals surface area contributed by atoms with Gasteiger partial charge in [0.1, 0.15) is 36.3 Å². The Morgan fingerprint density at radius 1 is 0.538 bits per heavy atom. The van der Waals surface area contributed by atoms with E-state index in [-0.39, 0.29) is 12.8 Å². The summed E-state index contributed by atoms with van der Waals surface area (Å²) in [5.74, 6) is -10.1. The smallest absolute Gasteiger partial charge is 0.326 e. The number of amides is 8. The van der Waals surface area contributed by atoms with Crippen LogP contribution in [-0.4, -0.2) is 136 Å². The number of aliphatic carboxylic acids is 1. The number of carboxylic acid groups (broad SMARTS) is 1. The molecule has 22 heteroatoms. The average molecular weight is 748 g/mol. The Balaban J connectivity index is 5.69. The lowest BCUT2D eigenvalue weighted by Crippen LogP contribution is -2.62. The van der Waals surface area contributed by atoms with Gasteiger partial charge in [-0.05, 0) is 24.7 Å². The molecule has 52 heavy (non-hydrogen) atoms. The summed E-state index contributed by atoms with van der Waals surface area (Å²) < 4.78 is 0. The number of carbonyl (C=O) groups excluding carboxylic acids is 8. The van der Waals surface area contributed by atoms with E-state index in [4.69, 9.17) is 17.2 Å². The monoisotopic (exact) mass is 747 g/mol. The molecule has 0 saturated heterocycles. The zero-order valence-electron chi connectivity index (χ0n) is 29.5. The van der Waals surface area contributed by atoms with Crippen LogP contribution in [0.5, 0.6) is 0 Å². The van der Waals surface area contributed by atoms with Crippen LogP contribution in [0.1, 0.15) is 59.8 Å². The van der Waals surface area contributed by atoms with Gasteiger partial charge in [-0.25, -0.2) is 4.79 Å². The zero-order chi connectivity index (χ0) is 40.3. The van der Waals surface area contributed by atoms with Crippen molar-refractivity contribution >= 4 is 53.2 Å². The normalized spacial score (nSPS) is 15.6. The first kappa shape index (κ1) is 47.1. The van der Waals surface area contributed by atoms with Crippen molar-refractivity contribution in [1.29, 1.82) is 0 Å². The van der Waals surface area contributed by atoms with Gasteiger partial charge in [0.2, 0.25) is 47.3 Å². The van der Waals surface area contributed by atoms with Crippen molar-refractivity contribution in [2.75, 3.05) is 19.8 Å². The molecule has 0 bridgehead atoms. The summed E-state index contributed by atoms with van der Waals surface area (Å²) in [6.45, 7) is 3.40. The van der Waals surface area contributed by atoms with E-state index in [1.165, 1.54) is 0 Å². The Morgan fingerprint density at radius 3 is 1.27 bits per heavy atom. The van der Waals surface area contributed by atoms with Crippen LogP contribution >= 0.6 is 0 Å². The van der Waals surface area contributed by atoms with Gasteiger partial charge in [-0.2, -0.15) is 0 Å². The molecular formula is C30H53N9O13. The van der Waals surface area contributed by atoms with Gasteiger partial charge in [0, 0.05) is 12.8 Å².